The molecule has 0 aromatic heterocycles. The molecular weight excluding hydrogens is 362 g/mol. The average molecular weight is 392 g/mol. The number of para-hydroxylation sites is 1. The molecule has 2 aromatic carbocycles. The number of hydrogen-bond donors (Lipinski definition) is 1. The molecule has 0 bridgehead atoms. The van der Waals surface area contributed by atoms with E-state index < -0.39 is 0 Å². The quantitative estimate of drug-likeness (QED) is 0.848. The van der Waals surface area contributed by atoms with E-state index in [4.69, 9.17) is 4.74 Å². The molecule has 1 saturated heterocycles. The second kappa shape index (κ2) is 7.71. The van der Waals surface area contributed by atoms with Gasteiger partial charge >= 0.3 is 0 Å². The minimum atomic E-state index is 0.153. The van der Waals surface area contributed by atoms with Crippen LogP contribution in [0.3, 0.4) is 0 Å². The first-order chi connectivity index (χ1) is 14.2. The van der Waals surface area contributed by atoms with Gasteiger partial charge in [0, 0.05) is 48.7 Å². The molecule has 2 atom stereocenters. The van der Waals surface area contributed by atoms with Crippen LogP contribution in [0.1, 0.15) is 37.8 Å². The minimum Gasteiger partial charge on any atom is -0.378 e. The average Bonchev–Trinajstić information content (AvgIpc) is 3.60. The molecule has 2 heterocycles. The molecule has 0 radical (unpaired) electrons. The number of hydrogen-bond acceptors (Lipinski definition) is 4. The van der Waals surface area contributed by atoms with Crippen molar-refractivity contribution < 1.29 is 9.53 Å². The summed E-state index contributed by atoms with van der Waals surface area (Å²) in [6, 6.07) is 17.5. The highest BCUT2D eigenvalue weighted by atomic mass is 16.5. The molecule has 29 heavy (non-hydrogen) atoms. The first-order valence-corrected chi connectivity index (χ1v) is 10.8. The number of nitrogens with one attached hydrogen (secondary N) is 1. The standard InChI is InChI=1S/C24H29N3O2/c1-17(28)27-23-10-9-20(26-11-13-29-14-12-26)15-21(23)22(16-24(27)18-7-8-18)25-19-5-3-2-4-6-19/h2-6,9-10,15,18,22,24-25H,7-8,11-14,16H2,1H3. The number of ether oxygens (including phenoxy) is 1. The van der Waals surface area contributed by atoms with Crippen LogP contribution in [0.2, 0.25) is 0 Å². The van der Waals surface area contributed by atoms with Crippen molar-refractivity contribution in [2.75, 3.05) is 41.4 Å². The second-order valence-corrected chi connectivity index (χ2v) is 8.43. The third-order valence-electron chi connectivity index (χ3n) is 6.45. The van der Waals surface area contributed by atoms with E-state index >= 15 is 0 Å². The maximum absolute atomic E-state index is 12.6. The topological polar surface area (TPSA) is 44.8 Å². The first-order valence-electron chi connectivity index (χ1n) is 10.8. The van der Waals surface area contributed by atoms with E-state index in [1.54, 1.807) is 6.92 Å². The summed E-state index contributed by atoms with van der Waals surface area (Å²) in [7, 11) is 0. The summed E-state index contributed by atoms with van der Waals surface area (Å²) >= 11 is 0. The number of rotatable bonds is 4. The summed E-state index contributed by atoms with van der Waals surface area (Å²) in [5.41, 5.74) is 4.65. The Hall–Kier alpha value is -2.53. The Balaban J connectivity index is 1.54. The largest absolute Gasteiger partial charge is 0.378 e. The van der Waals surface area contributed by atoms with Crippen LogP contribution in [0.25, 0.3) is 0 Å². The molecule has 1 N–H and O–H groups in total. The molecule has 2 fully saturated rings. The van der Waals surface area contributed by atoms with Crippen molar-refractivity contribution in [3.63, 3.8) is 0 Å². The fourth-order valence-electron chi connectivity index (χ4n) is 4.87. The van der Waals surface area contributed by atoms with Crippen molar-refractivity contribution in [2.45, 2.75) is 38.3 Å². The Kier molecular flexibility index (Phi) is 4.92. The maximum atomic E-state index is 12.6. The number of benzene rings is 2. The predicted molar refractivity (Wildman–Crippen MR) is 117 cm³/mol. The van der Waals surface area contributed by atoms with Gasteiger partial charge < -0.3 is 19.9 Å². The van der Waals surface area contributed by atoms with E-state index in [-0.39, 0.29) is 18.0 Å². The molecular formula is C24H29N3O2. The number of morpholine rings is 1. The van der Waals surface area contributed by atoms with Gasteiger partial charge in [-0.1, -0.05) is 18.2 Å². The highest BCUT2D eigenvalue weighted by Crippen LogP contribution is 2.48. The molecule has 1 amide bonds. The van der Waals surface area contributed by atoms with Gasteiger partial charge in [-0.3, -0.25) is 4.79 Å². The Labute approximate surface area is 172 Å². The van der Waals surface area contributed by atoms with E-state index in [0.29, 0.717) is 5.92 Å². The molecule has 0 spiro atoms. The SMILES string of the molecule is CC(=O)N1c2ccc(N3CCOCC3)cc2C(Nc2ccccc2)CC1C1CC1. The van der Waals surface area contributed by atoms with Crippen LogP contribution in [-0.4, -0.2) is 38.3 Å². The molecule has 152 valence electrons. The Morgan fingerprint density at radius 3 is 2.52 bits per heavy atom. The lowest BCUT2D eigenvalue weighted by atomic mass is 9.88. The highest BCUT2D eigenvalue weighted by molar-refractivity contribution is 5.94. The van der Waals surface area contributed by atoms with E-state index in [0.717, 1.165) is 44.1 Å². The molecule has 1 saturated carbocycles. The fraction of sp³-hybridized carbons (Fsp3) is 0.458. The highest BCUT2D eigenvalue weighted by Gasteiger charge is 2.43. The smallest absolute Gasteiger partial charge is 0.224 e. The van der Waals surface area contributed by atoms with Crippen LogP contribution in [0.5, 0.6) is 0 Å². The minimum absolute atomic E-state index is 0.153. The number of anilines is 3. The van der Waals surface area contributed by atoms with Crippen molar-refractivity contribution in [1.29, 1.82) is 0 Å². The fourth-order valence-corrected chi connectivity index (χ4v) is 4.87. The van der Waals surface area contributed by atoms with Crippen molar-refractivity contribution in [2.24, 2.45) is 5.92 Å². The molecule has 5 rings (SSSR count). The number of carbonyl (C=O) groups is 1. The van der Waals surface area contributed by atoms with Gasteiger partial charge in [-0.15, -0.1) is 0 Å². The van der Waals surface area contributed by atoms with Gasteiger partial charge in [0.25, 0.3) is 0 Å². The predicted octanol–water partition coefficient (Wildman–Crippen LogP) is 4.21. The number of carbonyl (C=O) groups excluding carboxylic acids is 1. The van der Waals surface area contributed by atoms with E-state index in [2.05, 4.69) is 57.6 Å². The van der Waals surface area contributed by atoms with Crippen LogP contribution in [0, 0.1) is 5.92 Å². The first kappa shape index (κ1) is 18.5. The van der Waals surface area contributed by atoms with Crippen LogP contribution in [0.15, 0.2) is 48.5 Å². The van der Waals surface area contributed by atoms with Crippen molar-refractivity contribution in [3.8, 4) is 0 Å². The molecule has 2 unspecified atom stereocenters. The maximum Gasteiger partial charge on any atom is 0.224 e. The van der Waals surface area contributed by atoms with Crippen molar-refractivity contribution in [1.82, 2.24) is 0 Å². The molecule has 3 aliphatic rings. The summed E-state index contributed by atoms with van der Waals surface area (Å²) in [5, 5.41) is 3.76. The van der Waals surface area contributed by atoms with E-state index in [9.17, 15) is 4.79 Å². The number of amides is 1. The van der Waals surface area contributed by atoms with Gasteiger partial charge in [-0.2, -0.15) is 0 Å². The Morgan fingerprint density at radius 2 is 1.83 bits per heavy atom. The van der Waals surface area contributed by atoms with Crippen LogP contribution in [0.4, 0.5) is 17.1 Å². The van der Waals surface area contributed by atoms with Gasteiger partial charge in [0.1, 0.15) is 0 Å². The summed E-state index contributed by atoms with van der Waals surface area (Å²) < 4.78 is 5.52. The lowest BCUT2D eigenvalue weighted by molar-refractivity contribution is -0.117. The zero-order valence-electron chi connectivity index (χ0n) is 17.0. The second-order valence-electron chi connectivity index (χ2n) is 8.43. The molecule has 1 aliphatic carbocycles. The number of fused-ring (bicyclic) bond motifs is 1. The summed E-state index contributed by atoms with van der Waals surface area (Å²) in [4.78, 5) is 17.1. The molecule has 5 nitrogen and oxygen atoms in total. The summed E-state index contributed by atoms with van der Waals surface area (Å²) in [6.07, 6.45) is 3.42. The van der Waals surface area contributed by atoms with Crippen molar-refractivity contribution in [3.05, 3.63) is 54.1 Å². The van der Waals surface area contributed by atoms with Gasteiger partial charge in [0.05, 0.1) is 19.3 Å². The van der Waals surface area contributed by atoms with Gasteiger partial charge in [0.2, 0.25) is 5.91 Å². The van der Waals surface area contributed by atoms with Crippen molar-refractivity contribution >= 4 is 23.0 Å². The lowest BCUT2D eigenvalue weighted by Crippen LogP contribution is -2.46. The zero-order valence-corrected chi connectivity index (χ0v) is 17.0. The molecule has 2 aliphatic heterocycles. The Morgan fingerprint density at radius 1 is 1.07 bits per heavy atom. The van der Waals surface area contributed by atoms with Gasteiger partial charge in [-0.05, 0) is 55.5 Å². The summed E-state index contributed by atoms with van der Waals surface area (Å²) in [6.45, 7) is 5.07. The third kappa shape index (κ3) is 3.71. The van der Waals surface area contributed by atoms with E-state index in [1.807, 2.05) is 6.07 Å². The van der Waals surface area contributed by atoms with E-state index in [1.165, 1.54) is 24.1 Å². The van der Waals surface area contributed by atoms with Crippen LogP contribution >= 0.6 is 0 Å². The number of nitrogens with zero attached hydrogens (tertiary/aromatic N) is 2. The summed E-state index contributed by atoms with van der Waals surface area (Å²) in [5.74, 6) is 0.784. The zero-order chi connectivity index (χ0) is 19.8. The van der Waals surface area contributed by atoms with Gasteiger partial charge in [0.15, 0.2) is 0 Å². The lowest BCUT2D eigenvalue weighted by Gasteiger charge is -2.42. The van der Waals surface area contributed by atoms with Gasteiger partial charge in [-0.25, -0.2) is 0 Å². The third-order valence-corrected chi connectivity index (χ3v) is 6.45. The molecule has 5 heteroatoms. The normalized spacial score (nSPS) is 24.2. The van der Waals surface area contributed by atoms with Crippen LogP contribution < -0.4 is 15.1 Å². The molecule has 2 aromatic rings. The Bertz CT molecular complexity index is 875. The van der Waals surface area contributed by atoms with Crippen LogP contribution in [-0.2, 0) is 9.53 Å². The monoisotopic (exact) mass is 391 g/mol.